The van der Waals surface area contributed by atoms with E-state index in [2.05, 4.69) is 23.2 Å². The molecule has 2 rings (SSSR count). The van der Waals surface area contributed by atoms with Crippen molar-refractivity contribution in [1.29, 1.82) is 5.26 Å². The lowest BCUT2D eigenvalue weighted by Crippen LogP contribution is -2.41. The van der Waals surface area contributed by atoms with Gasteiger partial charge in [-0.05, 0) is 44.1 Å². The number of anilines is 2. The first kappa shape index (κ1) is 12.7. The zero-order valence-electron chi connectivity index (χ0n) is 10.8. The van der Waals surface area contributed by atoms with E-state index in [0.717, 1.165) is 18.8 Å². The fourth-order valence-corrected chi connectivity index (χ4v) is 2.44. The molecule has 4 heteroatoms. The third kappa shape index (κ3) is 2.93. The van der Waals surface area contributed by atoms with Crippen molar-refractivity contribution >= 4 is 11.4 Å². The summed E-state index contributed by atoms with van der Waals surface area (Å²) in [7, 11) is 0. The van der Waals surface area contributed by atoms with Crippen molar-refractivity contribution in [3.8, 4) is 6.07 Å². The third-order valence-corrected chi connectivity index (χ3v) is 3.50. The van der Waals surface area contributed by atoms with Crippen LogP contribution in [0, 0.1) is 11.3 Å². The number of nitriles is 1. The van der Waals surface area contributed by atoms with E-state index in [-0.39, 0.29) is 0 Å². The Balaban J connectivity index is 2.03. The molecule has 4 nitrogen and oxygen atoms in total. The summed E-state index contributed by atoms with van der Waals surface area (Å²) >= 11 is 0. The number of nitrogens with zero attached hydrogens (tertiary/aromatic N) is 2. The zero-order chi connectivity index (χ0) is 13.0. The van der Waals surface area contributed by atoms with Gasteiger partial charge in [0.15, 0.2) is 0 Å². The van der Waals surface area contributed by atoms with E-state index < -0.39 is 0 Å². The molecule has 0 saturated carbocycles. The highest BCUT2D eigenvalue weighted by Crippen LogP contribution is 2.20. The van der Waals surface area contributed by atoms with E-state index in [0.29, 0.717) is 17.3 Å². The number of nitrogens with two attached hydrogens (primary N) is 1. The molecule has 0 aromatic heterocycles. The summed E-state index contributed by atoms with van der Waals surface area (Å²) in [6.07, 6.45) is 2.41. The van der Waals surface area contributed by atoms with Gasteiger partial charge in [-0.3, -0.25) is 0 Å². The van der Waals surface area contributed by atoms with E-state index in [4.69, 9.17) is 11.0 Å². The van der Waals surface area contributed by atoms with Gasteiger partial charge in [-0.15, -0.1) is 0 Å². The van der Waals surface area contributed by atoms with Crippen molar-refractivity contribution in [3.05, 3.63) is 23.8 Å². The van der Waals surface area contributed by atoms with E-state index in [1.165, 1.54) is 19.4 Å². The van der Waals surface area contributed by atoms with Crippen LogP contribution in [0.25, 0.3) is 0 Å². The molecule has 1 aromatic carbocycles. The minimum absolute atomic E-state index is 0.467. The Kier molecular flexibility index (Phi) is 4.06. The maximum atomic E-state index is 8.96. The van der Waals surface area contributed by atoms with Crippen molar-refractivity contribution in [1.82, 2.24) is 4.90 Å². The fourth-order valence-electron chi connectivity index (χ4n) is 2.44. The fraction of sp³-hybridized carbons (Fsp3) is 0.500. The van der Waals surface area contributed by atoms with Crippen molar-refractivity contribution in [2.45, 2.75) is 25.8 Å². The molecule has 0 radical (unpaired) electrons. The lowest BCUT2D eigenvalue weighted by Gasteiger charge is -2.32. The number of nitrogens with one attached hydrogen (secondary N) is 1. The van der Waals surface area contributed by atoms with Gasteiger partial charge in [0.05, 0.1) is 5.56 Å². The molecule has 3 N–H and O–H groups in total. The Morgan fingerprint density at radius 3 is 3.11 bits per heavy atom. The minimum Gasteiger partial charge on any atom is -0.398 e. The third-order valence-electron chi connectivity index (χ3n) is 3.50. The van der Waals surface area contributed by atoms with Gasteiger partial charge in [-0.1, -0.05) is 6.92 Å². The van der Waals surface area contributed by atoms with Crippen LogP contribution in [-0.2, 0) is 0 Å². The van der Waals surface area contributed by atoms with Crippen molar-refractivity contribution in [2.24, 2.45) is 0 Å². The largest absolute Gasteiger partial charge is 0.398 e. The molecule has 18 heavy (non-hydrogen) atoms. The Morgan fingerprint density at radius 2 is 2.39 bits per heavy atom. The lowest BCUT2D eigenvalue weighted by atomic mass is 10.0. The SMILES string of the molecule is CCN1CCCC(Nc2ccc(N)c(C#N)c2)C1. The van der Waals surface area contributed by atoms with Crippen LogP contribution < -0.4 is 11.1 Å². The number of hydrogen-bond donors (Lipinski definition) is 2. The Bertz CT molecular complexity index is 450. The number of likely N-dealkylation sites (N-methyl/N-ethyl adjacent to an activating group) is 1. The van der Waals surface area contributed by atoms with Crippen LogP contribution in [0.3, 0.4) is 0 Å². The molecule has 1 unspecified atom stereocenters. The summed E-state index contributed by atoms with van der Waals surface area (Å²) in [5.41, 5.74) is 7.80. The van der Waals surface area contributed by atoms with Gasteiger partial charge in [-0.2, -0.15) is 5.26 Å². The highest BCUT2D eigenvalue weighted by molar-refractivity contribution is 5.62. The number of benzene rings is 1. The van der Waals surface area contributed by atoms with E-state index >= 15 is 0 Å². The van der Waals surface area contributed by atoms with Crippen LogP contribution in [0.1, 0.15) is 25.3 Å². The second-order valence-corrected chi connectivity index (χ2v) is 4.79. The normalized spacial score (nSPS) is 20.3. The van der Waals surface area contributed by atoms with Crippen LogP contribution in [0.15, 0.2) is 18.2 Å². The molecule has 0 amide bonds. The van der Waals surface area contributed by atoms with Gasteiger partial charge >= 0.3 is 0 Å². The molecule has 1 atom stereocenters. The highest BCUT2D eigenvalue weighted by atomic mass is 15.2. The quantitative estimate of drug-likeness (QED) is 0.799. The maximum Gasteiger partial charge on any atom is 0.101 e. The van der Waals surface area contributed by atoms with E-state index in [9.17, 15) is 0 Å². The molecule has 1 heterocycles. The molecular formula is C14H20N4. The number of rotatable bonds is 3. The molecule has 96 valence electrons. The van der Waals surface area contributed by atoms with Crippen molar-refractivity contribution in [2.75, 3.05) is 30.7 Å². The summed E-state index contributed by atoms with van der Waals surface area (Å²) in [6.45, 7) is 5.56. The van der Waals surface area contributed by atoms with Crippen LogP contribution in [-0.4, -0.2) is 30.6 Å². The molecule has 1 aromatic rings. The topological polar surface area (TPSA) is 65.1 Å². The van der Waals surface area contributed by atoms with E-state index in [1.807, 2.05) is 12.1 Å². The second kappa shape index (κ2) is 5.74. The smallest absolute Gasteiger partial charge is 0.101 e. The minimum atomic E-state index is 0.467. The van der Waals surface area contributed by atoms with Gasteiger partial charge < -0.3 is 16.0 Å². The molecule has 0 aliphatic carbocycles. The average molecular weight is 244 g/mol. The van der Waals surface area contributed by atoms with Crippen LogP contribution >= 0.6 is 0 Å². The second-order valence-electron chi connectivity index (χ2n) is 4.79. The predicted octanol–water partition coefficient (Wildman–Crippen LogP) is 2.04. The molecular weight excluding hydrogens is 224 g/mol. The standard InChI is InChI=1S/C14H20N4/c1-2-18-7-3-4-13(10-18)17-12-5-6-14(16)11(8-12)9-15/h5-6,8,13,17H,2-4,7,10,16H2,1H3. The Labute approximate surface area is 108 Å². The zero-order valence-corrected chi connectivity index (χ0v) is 10.8. The van der Waals surface area contributed by atoms with Crippen molar-refractivity contribution < 1.29 is 0 Å². The first-order valence-electron chi connectivity index (χ1n) is 6.51. The molecule has 1 aliphatic rings. The van der Waals surface area contributed by atoms with Gasteiger partial charge in [-0.25, -0.2) is 0 Å². The number of likely N-dealkylation sites (tertiary alicyclic amines) is 1. The average Bonchev–Trinajstić information content (AvgIpc) is 2.41. The first-order chi connectivity index (χ1) is 8.72. The molecule has 0 spiro atoms. The highest BCUT2D eigenvalue weighted by Gasteiger charge is 2.18. The predicted molar refractivity (Wildman–Crippen MR) is 74.3 cm³/mol. The summed E-state index contributed by atoms with van der Waals surface area (Å²) in [5.74, 6) is 0. The number of nitrogen functional groups attached to an aromatic ring is 1. The van der Waals surface area contributed by atoms with Gasteiger partial charge in [0, 0.05) is 24.0 Å². The van der Waals surface area contributed by atoms with Crippen LogP contribution in [0.4, 0.5) is 11.4 Å². The van der Waals surface area contributed by atoms with Gasteiger partial charge in [0.1, 0.15) is 6.07 Å². The maximum absolute atomic E-state index is 8.96. The lowest BCUT2D eigenvalue weighted by molar-refractivity contribution is 0.227. The van der Waals surface area contributed by atoms with Gasteiger partial charge in [0.25, 0.3) is 0 Å². The Hall–Kier alpha value is -1.73. The Morgan fingerprint density at radius 1 is 1.56 bits per heavy atom. The van der Waals surface area contributed by atoms with Gasteiger partial charge in [0.2, 0.25) is 0 Å². The molecule has 1 fully saturated rings. The molecule has 1 aliphatic heterocycles. The van der Waals surface area contributed by atoms with E-state index in [1.54, 1.807) is 6.07 Å². The first-order valence-corrected chi connectivity index (χ1v) is 6.51. The summed E-state index contributed by atoms with van der Waals surface area (Å²) in [6, 6.07) is 8.16. The summed E-state index contributed by atoms with van der Waals surface area (Å²) in [5, 5.41) is 12.5. The summed E-state index contributed by atoms with van der Waals surface area (Å²) < 4.78 is 0. The molecule has 1 saturated heterocycles. The van der Waals surface area contributed by atoms with Crippen molar-refractivity contribution in [3.63, 3.8) is 0 Å². The number of hydrogen-bond acceptors (Lipinski definition) is 4. The molecule has 0 bridgehead atoms. The summed E-state index contributed by atoms with van der Waals surface area (Å²) in [4.78, 5) is 2.45. The number of piperidine rings is 1. The van der Waals surface area contributed by atoms with Crippen LogP contribution in [0.5, 0.6) is 0 Å². The van der Waals surface area contributed by atoms with Crippen LogP contribution in [0.2, 0.25) is 0 Å². The monoisotopic (exact) mass is 244 g/mol.